The molecule has 0 atom stereocenters. The van der Waals surface area contributed by atoms with Crippen LogP contribution in [-0.2, 0) is 11.0 Å². The van der Waals surface area contributed by atoms with Crippen molar-refractivity contribution in [1.29, 1.82) is 0 Å². The Hall–Kier alpha value is -4.54. The SMILES string of the molecule is O=C(C=Cc1ccc([N+](=O)[O-])cc1)Nc1ccc(NC(=O)c2ccc(F)cc2)cc1C(F)(F)F. The van der Waals surface area contributed by atoms with Crippen molar-refractivity contribution >= 4 is 35.0 Å². The molecule has 0 heterocycles. The Labute approximate surface area is 189 Å². The van der Waals surface area contributed by atoms with Crippen LogP contribution in [0.4, 0.5) is 34.6 Å². The van der Waals surface area contributed by atoms with Gasteiger partial charge < -0.3 is 10.6 Å². The number of non-ortho nitro benzene ring substituents is 1. The molecule has 0 spiro atoms. The minimum atomic E-state index is -4.85. The molecule has 0 aliphatic rings. The summed E-state index contributed by atoms with van der Waals surface area (Å²) in [4.78, 5) is 34.4. The average Bonchev–Trinajstić information content (AvgIpc) is 2.78. The molecule has 0 saturated carbocycles. The van der Waals surface area contributed by atoms with E-state index in [-0.39, 0.29) is 16.9 Å². The van der Waals surface area contributed by atoms with E-state index < -0.39 is 40.0 Å². The molecule has 11 heteroatoms. The Balaban J connectivity index is 1.75. The van der Waals surface area contributed by atoms with E-state index in [1.807, 2.05) is 0 Å². The van der Waals surface area contributed by atoms with E-state index in [0.29, 0.717) is 11.6 Å². The number of alkyl halides is 3. The largest absolute Gasteiger partial charge is 0.418 e. The summed E-state index contributed by atoms with van der Waals surface area (Å²) in [6, 6.07) is 12.5. The monoisotopic (exact) mass is 473 g/mol. The molecule has 0 fully saturated rings. The highest BCUT2D eigenvalue weighted by molar-refractivity contribution is 6.05. The number of halogens is 4. The van der Waals surface area contributed by atoms with Crippen LogP contribution in [0.25, 0.3) is 6.08 Å². The summed E-state index contributed by atoms with van der Waals surface area (Å²) in [5, 5.41) is 15.1. The number of nitro benzene ring substituents is 1. The lowest BCUT2D eigenvalue weighted by molar-refractivity contribution is -0.384. The average molecular weight is 473 g/mol. The highest BCUT2D eigenvalue weighted by Crippen LogP contribution is 2.36. The molecule has 0 unspecified atom stereocenters. The molecule has 0 aliphatic carbocycles. The smallest absolute Gasteiger partial charge is 0.322 e. The first-order valence-corrected chi connectivity index (χ1v) is 9.54. The third-order valence-electron chi connectivity index (χ3n) is 4.48. The molecule has 2 N–H and O–H groups in total. The molecule has 0 aliphatic heterocycles. The van der Waals surface area contributed by atoms with Crippen molar-refractivity contribution in [1.82, 2.24) is 0 Å². The summed E-state index contributed by atoms with van der Waals surface area (Å²) in [5.41, 5.74) is -1.59. The van der Waals surface area contributed by atoms with Gasteiger partial charge in [-0.2, -0.15) is 13.2 Å². The van der Waals surface area contributed by atoms with Gasteiger partial charge in [0.2, 0.25) is 5.91 Å². The van der Waals surface area contributed by atoms with Gasteiger partial charge in [0.05, 0.1) is 16.2 Å². The van der Waals surface area contributed by atoms with E-state index in [2.05, 4.69) is 10.6 Å². The van der Waals surface area contributed by atoms with Gasteiger partial charge in [0.15, 0.2) is 0 Å². The number of anilines is 2. The number of hydrogen-bond acceptors (Lipinski definition) is 4. The number of carbonyl (C=O) groups excluding carboxylic acids is 2. The van der Waals surface area contributed by atoms with E-state index in [4.69, 9.17) is 0 Å². The molecule has 2 amide bonds. The Bertz CT molecular complexity index is 1250. The van der Waals surface area contributed by atoms with Gasteiger partial charge in [-0.05, 0) is 66.2 Å². The van der Waals surface area contributed by atoms with Crippen molar-refractivity contribution in [2.24, 2.45) is 0 Å². The summed E-state index contributed by atoms with van der Waals surface area (Å²) < 4.78 is 53.7. The number of rotatable bonds is 6. The van der Waals surface area contributed by atoms with Crippen LogP contribution in [0, 0.1) is 15.9 Å². The third kappa shape index (κ3) is 6.25. The lowest BCUT2D eigenvalue weighted by Crippen LogP contribution is -2.17. The molecule has 7 nitrogen and oxygen atoms in total. The molecule has 174 valence electrons. The molecule has 3 rings (SSSR count). The standard InChI is InChI=1S/C23H15F4N3O4/c24-16-6-4-15(5-7-16)22(32)28-17-8-11-20(19(13-17)23(25,26)27)29-21(31)12-3-14-1-9-18(10-2-14)30(33)34/h1-13H,(H,28,32)(H,29,31). The van der Waals surface area contributed by atoms with Crippen LogP contribution >= 0.6 is 0 Å². The summed E-state index contributed by atoms with van der Waals surface area (Å²) >= 11 is 0. The van der Waals surface area contributed by atoms with Gasteiger partial charge in [0.1, 0.15) is 5.82 Å². The molecular weight excluding hydrogens is 458 g/mol. The van der Waals surface area contributed by atoms with Crippen molar-refractivity contribution in [3.8, 4) is 0 Å². The topological polar surface area (TPSA) is 101 Å². The van der Waals surface area contributed by atoms with E-state index in [0.717, 1.165) is 24.3 Å². The highest BCUT2D eigenvalue weighted by Gasteiger charge is 2.34. The second kappa shape index (κ2) is 9.94. The maximum Gasteiger partial charge on any atom is 0.418 e. The van der Waals surface area contributed by atoms with Gasteiger partial charge in [-0.3, -0.25) is 19.7 Å². The Kier molecular flexibility index (Phi) is 7.05. The molecule has 0 saturated heterocycles. The van der Waals surface area contributed by atoms with Gasteiger partial charge in [-0.1, -0.05) is 0 Å². The molecule has 3 aromatic carbocycles. The summed E-state index contributed by atoms with van der Waals surface area (Å²) in [6.45, 7) is 0. The number of benzene rings is 3. The van der Waals surface area contributed by atoms with Crippen molar-refractivity contribution in [2.45, 2.75) is 6.18 Å². The van der Waals surface area contributed by atoms with Crippen LogP contribution in [0.15, 0.2) is 72.8 Å². The summed E-state index contributed by atoms with van der Waals surface area (Å²) in [6.07, 6.45) is -2.59. The first-order chi connectivity index (χ1) is 16.0. The zero-order valence-electron chi connectivity index (χ0n) is 17.1. The summed E-state index contributed by atoms with van der Waals surface area (Å²) in [7, 11) is 0. The van der Waals surface area contributed by atoms with Crippen LogP contribution in [0.5, 0.6) is 0 Å². The van der Waals surface area contributed by atoms with Crippen molar-refractivity contribution in [3.63, 3.8) is 0 Å². The van der Waals surface area contributed by atoms with Gasteiger partial charge in [-0.25, -0.2) is 4.39 Å². The van der Waals surface area contributed by atoms with Gasteiger partial charge in [-0.15, -0.1) is 0 Å². The molecule has 0 aromatic heterocycles. The third-order valence-corrected chi connectivity index (χ3v) is 4.48. The second-order valence-electron chi connectivity index (χ2n) is 6.89. The number of nitrogens with one attached hydrogen (secondary N) is 2. The van der Waals surface area contributed by atoms with Crippen LogP contribution in [0.2, 0.25) is 0 Å². The van der Waals surface area contributed by atoms with Gasteiger partial charge >= 0.3 is 6.18 Å². The lowest BCUT2D eigenvalue weighted by Gasteiger charge is -2.15. The minimum absolute atomic E-state index is 0.0451. The van der Waals surface area contributed by atoms with Crippen molar-refractivity contribution < 1.29 is 32.1 Å². The van der Waals surface area contributed by atoms with E-state index in [1.54, 1.807) is 0 Å². The van der Waals surface area contributed by atoms with Crippen LogP contribution in [0.3, 0.4) is 0 Å². The quantitative estimate of drug-likeness (QED) is 0.209. The van der Waals surface area contributed by atoms with E-state index >= 15 is 0 Å². The van der Waals surface area contributed by atoms with Gasteiger partial charge in [0.25, 0.3) is 11.6 Å². The normalized spacial score (nSPS) is 11.3. The molecule has 0 bridgehead atoms. The number of nitro groups is 1. The van der Waals surface area contributed by atoms with Gasteiger partial charge in [0, 0.05) is 29.5 Å². The fourth-order valence-electron chi connectivity index (χ4n) is 2.82. The maximum absolute atomic E-state index is 13.6. The zero-order valence-corrected chi connectivity index (χ0v) is 17.1. The number of carbonyl (C=O) groups is 2. The second-order valence-corrected chi connectivity index (χ2v) is 6.89. The fourth-order valence-corrected chi connectivity index (χ4v) is 2.82. The van der Waals surface area contributed by atoms with Crippen LogP contribution in [0.1, 0.15) is 21.5 Å². The Morgan fingerprint density at radius 1 is 0.912 bits per heavy atom. The van der Waals surface area contributed by atoms with Crippen molar-refractivity contribution in [3.05, 3.63) is 105 Å². The van der Waals surface area contributed by atoms with Crippen molar-refractivity contribution in [2.75, 3.05) is 10.6 Å². The number of hydrogen-bond donors (Lipinski definition) is 2. The zero-order chi connectivity index (χ0) is 24.9. The Morgan fingerprint density at radius 2 is 1.56 bits per heavy atom. The molecule has 3 aromatic rings. The van der Waals surface area contributed by atoms with Crippen LogP contribution < -0.4 is 10.6 Å². The number of amides is 2. The summed E-state index contributed by atoms with van der Waals surface area (Å²) in [5.74, 6) is -2.18. The molecule has 34 heavy (non-hydrogen) atoms. The first-order valence-electron chi connectivity index (χ1n) is 9.54. The fraction of sp³-hybridized carbons (Fsp3) is 0.0435. The minimum Gasteiger partial charge on any atom is -0.322 e. The lowest BCUT2D eigenvalue weighted by atomic mass is 10.1. The molecular formula is C23H15F4N3O4. The van der Waals surface area contributed by atoms with E-state index in [9.17, 15) is 37.3 Å². The van der Waals surface area contributed by atoms with E-state index in [1.165, 1.54) is 48.5 Å². The van der Waals surface area contributed by atoms with Crippen LogP contribution in [-0.4, -0.2) is 16.7 Å². The molecule has 0 radical (unpaired) electrons. The predicted octanol–water partition coefficient (Wildman–Crippen LogP) is 5.66. The maximum atomic E-state index is 13.6. The number of nitrogens with zero attached hydrogens (tertiary/aromatic N) is 1. The Morgan fingerprint density at radius 3 is 2.15 bits per heavy atom. The first kappa shape index (κ1) is 24.1. The predicted molar refractivity (Wildman–Crippen MR) is 117 cm³/mol. The highest BCUT2D eigenvalue weighted by atomic mass is 19.4.